The van der Waals surface area contributed by atoms with Crippen LogP contribution in [0.25, 0.3) is 33.5 Å². The van der Waals surface area contributed by atoms with Crippen molar-refractivity contribution >= 4 is 90.8 Å². The lowest BCUT2D eigenvalue weighted by atomic mass is 10.2. The third-order valence-electron chi connectivity index (χ3n) is 5.71. The van der Waals surface area contributed by atoms with Gasteiger partial charge in [-0.3, -0.25) is 4.79 Å². The van der Waals surface area contributed by atoms with Gasteiger partial charge in [0.2, 0.25) is 5.82 Å². The molecule has 0 fully saturated rings. The standard InChI is InChI=1S/C28H20ClI2N3O5/c1-3-37-28(36)15(2)38-25-20(30)10-16(11-21(25)31)14-32-34-26(33-22-7-5-4-6-19(22)27(34)35)24-13-17-12-18(29)8-9-23(17)39-24/h4-15H,3H2,1-2H3/t15-/m0/s1. The van der Waals surface area contributed by atoms with Gasteiger partial charge in [-0.2, -0.15) is 9.78 Å². The number of carbonyl (C=O) groups is 1. The average Bonchev–Trinajstić information content (AvgIpc) is 3.33. The molecule has 2 aromatic heterocycles. The van der Waals surface area contributed by atoms with Gasteiger partial charge in [0.05, 0.1) is 30.9 Å². The maximum absolute atomic E-state index is 13.5. The summed E-state index contributed by atoms with van der Waals surface area (Å²) in [6.45, 7) is 3.67. The quantitative estimate of drug-likeness (QED) is 0.102. The van der Waals surface area contributed by atoms with Crippen molar-refractivity contribution in [2.24, 2.45) is 5.10 Å². The number of hydrogen-bond acceptors (Lipinski definition) is 7. The molecule has 3 aromatic carbocycles. The molecule has 0 saturated heterocycles. The summed E-state index contributed by atoms with van der Waals surface area (Å²) in [4.78, 5) is 30.2. The number of benzene rings is 3. The van der Waals surface area contributed by atoms with E-state index in [1.54, 1.807) is 62.5 Å². The minimum atomic E-state index is -0.755. The van der Waals surface area contributed by atoms with Gasteiger partial charge in [0, 0.05) is 10.4 Å². The smallest absolute Gasteiger partial charge is 0.347 e. The van der Waals surface area contributed by atoms with Gasteiger partial charge < -0.3 is 13.9 Å². The van der Waals surface area contributed by atoms with E-state index >= 15 is 0 Å². The second-order valence-corrected chi connectivity index (χ2v) is 11.2. The van der Waals surface area contributed by atoms with E-state index in [9.17, 15) is 9.59 Å². The predicted molar refractivity (Wildman–Crippen MR) is 168 cm³/mol. The maximum Gasteiger partial charge on any atom is 0.347 e. The van der Waals surface area contributed by atoms with Crippen LogP contribution in [0.3, 0.4) is 0 Å². The number of esters is 1. The summed E-state index contributed by atoms with van der Waals surface area (Å²) in [5.41, 5.74) is 1.54. The van der Waals surface area contributed by atoms with Crippen molar-refractivity contribution in [1.29, 1.82) is 0 Å². The van der Waals surface area contributed by atoms with Crippen LogP contribution in [-0.4, -0.2) is 34.6 Å². The van der Waals surface area contributed by atoms with Crippen LogP contribution in [0.5, 0.6) is 5.75 Å². The zero-order valence-electron chi connectivity index (χ0n) is 20.7. The van der Waals surface area contributed by atoms with E-state index in [-0.39, 0.29) is 18.0 Å². The molecule has 39 heavy (non-hydrogen) atoms. The number of ether oxygens (including phenoxy) is 2. The Labute approximate surface area is 255 Å². The number of aromatic nitrogens is 2. The number of para-hydroxylation sites is 1. The fourth-order valence-electron chi connectivity index (χ4n) is 3.89. The molecule has 1 atom stereocenters. The minimum Gasteiger partial charge on any atom is -0.477 e. The highest BCUT2D eigenvalue weighted by atomic mass is 127. The Balaban J connectivity index is 1.56. The second kappa shape index (κ2) is 11.6. The highest BCUT2D eigenvalue weighted by molar-refractivity contribution is 14.1. The van der Waals surface area contributed by atoms with Crippen molar-refractivity contribution in [3.63, 3.8) is 0 Å². The first-order valence-electron chi connectivity index (χ1n) is 11.8. The first kappa shape index (κ1) is 27.6. The summed E-state index contributed by atoms with van der Waals surface area (Å²) >= 11 is 10.4. The van der Waals surface area contributed by atoms with Crippen LogP contribution < -0.4 is 10.3 Å². The van der Waals surface area contributed by atoms with Gasteiger partial charge in [-0.25, -0.2) is 9.78 Å². The van der Waals surface area contributed by atoms with Crippen LogP contribution in [0.15, 0.2) is 75.0 Å². The molecule has 0 aliphatic carbocycles. The van der Waals surface area contributed by atoms with Crippen molar-refractivity contribution in [1.82, 2.24) is 9.66 Å². The molecule has 0 N–H and O–H groups in total. The molecule has 11 heteroatoms. The molecule has 5 rings (SSSR count). The van der Waals surface area contributed by atoms with E-state index in [2.05, 4.69) is 50.3 Å². The van der Waals surface area contributed by atoms with Crippen molar-refractivity contribution in [3.05, 3.63) is 88.7 Å². The fourth-order valence-corrected chi connectivity index (χ4v) is 6.14. The van der Waals surface area contributed by atoms with Crippen LogP contribution >= 0.6 is 56.8 Å². The number of fused-ring (bicyclic) bond motifs is 2. The van der Waals surface area contributed by atoms with E-state index in [1.807, 2.05) is 18.2 Å². The largest absolute Gasteiger partial charge is 0.477 e. The molecular weight excluding hydrogens is 748 g/mol. The number of nitrogens with zero attached hydrogens (tertiary/aromatic N) is 3. The molecule has 2 heterocycles. The molecule has 0 unspecified atom stereocenters. The van der Waals surface area contributed by atoms with Gasteiger partial charge in [-0.1, -0.05) is 23.7 Å². The van der Waals surface area contributed by atoms with Gasteiger partial charge in [0.25, 0.3) is 5.56 Å². The molecular formula is C28H20ClI2N3O5. The van der Waals surface area contributed by atoms with Gasteiger partial charge >= 0.3 is 5.97 Å². The van der Waals surface area contributed by atoms with Crippen molar-refractivity contribution in [2.45, 2.75) is 20.0 Å². The topological polar surface area (TPSA) is 95.9 Å². The van der Waals surface area contributed by atoms with Gasteiger partial charge in [0.1, 0.15) is 11.3 Å². The summed E-state index contributed by atoms with van der Waals surface area (Å²) in [5, 5.41) is 6.31. The summed E-state index contributed by atoms with van der Waals surface area (Å²) < 4.78 is 19.7. The SMILES string of the molecule is CCOC(=O)[C@H](C)Oc1c(I)cc(C=Nn2c(-c3cc4cc(Cl)ccc4o3)nc3ccccc3c2=O)cc1I. The third-order valence-corrected chi connectivity index (χ3v) is 7.55. The lowest BCUT2D eigenvalue weighted by Gasteiger charge is -2.16. The fraction of sp³-hybridized carbons (Fsp3) is 0.143. The summed E-state index contributed by atoms with van der Waals surface area (Å²) in [5.74, 6) is 0.779. The normalized spacial score (nSPS) is 12.3. The van der Waals surface area contributed by atoms with Crippen molar-refractivity contribution in [2.75, 3.05) is 6.61 Å². The Bertz CT molecular complexity index is 1790. The van der Waals surface area contributed by atoms with Crippen LogP contribution in [-0.2, 0) is 9.53 Å². The predicted octanol–water partition coefficient (Wildman–Crippen LogP) is 6.88. The van der Waals surface area contributed by atoms with Crippen LogP contribution in [0.2, 0.25) is 5.02 Å². The zero-order chi connectivity index (χ0) is 27.7. The molecule has 0 aliphatic rings. The Morgan fingerprint density at radius 2 is 1.90 bits per heavy atom. The number of rotatable bonds is 7. The lowest BCUT2D eigenvalue weighted by molar-refractivity contribution is -0.150. The van der Waals surface area contributed by atoms with E-state index in [1.165, 1.54) is 4.68 Å². The lowest BCUT2D eigenvalue weighted by Crippen LogP contribution is -2.26. The van der Waals surface area contributed by atoms with Crippen LogP contribution in [0.1, 0.15) is 19.4 Å². The monoisotopic (exact) mass is 767 g/mol. The first-order valence-corrected chi connectivity index (χ1v) is 14.4. The summed E-state index contributed by atoms with van der Waals surface area (Å²) in [7, 11) is 0. The number of halogens is 3. The van der Waals surface area contributed by atoms with Crippen LogP contribution in [0.4, 0.5) is 0 Å². The van der Waals surface area contributed by atoms with Gasteiger partial charge in [-0.05, 0) is 113 Å². The van der Waals surface area contributed by atoms with Crippen LogP contribution in [0, 0.1) is 7.14 Å². The summed E-state index contributed by atoms with van der Waals surface area (Å²) in [6, 6.07) is 17.9. The molecule has 0 bridgehead atoms. The zero-order valence-corrected chi connectivity index (χ0v) is 25.7. The first-order chi connectivity index (χ1) is 18.7. The Hall–Kier alpha value is -2.97. The second-order valence-electron chi connectivity index (χ2n) is 8.43. The van der Waals surface area contributed by atoms with E-state index in [4.69, 9.17) is 30.5 Å². The summed E-state index contributed by atoms with van der Waals surface area (Å²) in [6.07, 6.45) is 0.819. The maximum atomic E-state index is 13.5. The highest BCUT2D eigenvalue weighted by Crippen LogP contribution is 2.31. The Morgan fingerprint density at radius 3 is 2.64 bits per heavy atom. The molecule has 198 valence electrons. The average molecular weight is 768 g/mol. The molecule has 0 aliphatic heterocycles. The molecule has 0 spiro atoms. The number of hydrogen-bond donors (Lipinski definition) is 0. The van der Waals surface area contributed by atoms with Crippen molar-refractivity contribution in [3.8, 4) is 17.3 Å². The Kier molecular flexibility index (Phi) is 8.24. The van der Waals surface area contributed by atoms with Gasteiger partial charge in [0.15, 0.2) is 11.9 Å². The Morgan fingerprint density at radius 1 is 1.15 bits per heavy atom. The highest BCUT2D eigenvalue weighted by Gasteiger charge is 2.20. The van der Waals surface area contributed by atoms with Crippen molar-refractivity contribution < 1.29 is 18.7 Å². The van der Waals surface area contributed by atoms with Gasteiger partial charge in [-0.15, -0.1) is 0 Å². The third kappa shape index (κ3) is 5.82. The van der Waals surface area contributed by atoms with E-state index in [0.717, 1.165) is 18.1 Å². The minimum absolute atomic E-state index is 0.259. The number of carbonyl (C=O) groups excluding carboxylic acids is 1. The molecule has 0 radical (unpaired) electrons. The van der Waals surface area contributed by atoms with E-state index < -0.39 is 12.1 Å². The molecule has 0 saturated carbocycles. The molecule has 8 nitrogen and oxygen atoms in total. The van der Waals surface area contributed by atoms with E-state index in [0.29, 0.717) is 33.0 Å². The number of furan rings is 1. The molecule has 0 amide bonds. The molecule has 5 aromatic rings.